The van der Waals surface area contributed by atoms with Gasteiger partial charge in [-0.2, -0.15) is 0 Å². The van der Waals surface area contributed by atoms with Crippen LogP contribution in [0.1, 0.15) is 44.2 Å². The zero-order chi connectivity index (χ0) is 18.9. The van der Waals surface area contributed by atoms with Crippen LogP contribution in [0.5, 0.6) is 0 Å². The van der Waals surface area contributed by atoms with Gasteiger partial charge in [0.25, 0.3) is 5.91 Å². The molecule has 0 saturated carbocycles. The van der Waals surface area contributed by atoms with E-state index in [0.29, 0.717) is 42.3 Å². The minimum atomic E-state index is -0.523. The highest BCUT2D eigenvalue weighted by atomic mass is 35.5. The topological polar surface area (TPSA) is 71.8 Å². The van der Waals surface area contributed by atoms with Gasteiger partial charge in [0.1, 0.15) is 11.2 Å². The predicted octanol–water partition coefficient (Wildman–Crippen LogP) is 4.22. The Hall–Kier alpha value is -2.21. The highest BCUT2D eigenvalue weighted by molar-refractivity contribution is 6.31. The van der Waals surface area contributed by atoms with Crippen LogP contribution >= 0.6 is 11.6 Å². The number of ether oxygens (including phenoxy) is 1. The van der Waals surface area contributed by atoms with Crippen molar-refractivity contribution in [3.8, 4) is 0 Å². The van der Waals surface area contributed by atoms with Crippen LogP contribution in [-0.4, -0.2) is 41.6 Å². The summed E-state index contributed by atoms with van der Waals surface area (Å²) in [6.07, 6.45) is 0.935. The van der Waals surface area contributed by atoms with E-state index in [-0.39, 0.29) is 11.9 Å². The van der Waals surface area contributed by atoms with Gasteiger partial charge in [-0.25, -0.2) is 4.79 Å². The maximum atomic E-state index is 12.7. The van der Waals surface area contributed by atoms with E-state index in [4.69, 9.17) is 20.8 Å². The number of furan rings is 1. The molecule has 1 fully saturated rings. The molecule has 0 unspecified atom stereocenters. The standard InChI is InChI=1S/C19H23ClN2O4/c1-19(2,3)26-18(24)21-14-6-8-22(9-7-14)17(23)16-11-12-10-13(20)4-5-15(12)25-16/h4-5,10-11,14H,6-9H2,1-3H3,(H,21,24). The van der Waals surface area contributed by atoms with Crippen molar-refractivity contribution >= 4 is 34.6 Å². The molecule has 1 N–H and O–H groups in total. The molecule has 140 valence electrons. The van der Waals surface area contributed by atoms with Crippen molar-refractivity contribution in [2.24, 2.45) is 0 Å². The third-order valence-corrected chi connectivity index (χ3v) is 4.43. The van der Waals surface area contributed by atoms with Crippen molar-refractivity contribution in [2.75, 3.05) is 13.1 Å². The number of hydrogen-bond donors (Lipinski definition) is 1. The summed E-state index contributed by atoms with van der Waals surface area (Å²) in [7, 11) is 0. The van der Waals surface area contributed by atoms with Crippen LogP contribution < -0.4 is 5.32 Å². The van der Waals surface area contributed by atoms with Gasteiger partial charge in [-0.1, -0.05) is 11.6 Å². The summed E-state index contributed by atoms with van der Waals surface area (Å²) in [5, 5.41) is 4.28. The molecular weight excluding hydrogens is 356 g/mol. The van der Waals surface area contributed by atoms with E-state index < -0.39 is 11.7 Å². The molecule has 0 spiro atoms. The third-order valence-electron chi connectivity index (χ3n) is 4.19. The predicted molar refractivity (Wildman–Crippen MR) is 99.5 cm³/mol. The fourth-order valence-electron chi connectivity index (χ4n) is 2.98. The Bertz CT molecular complexity index is 817. The average Bonchev–Trinajstić information content (AvgIpc) is 2.96. The Morgan fingerprint density at radius 2 is 1.92 bits per heavy atom. The molecule has 26 heavy (non-hydrogen) atoms. The normalized spacial score (nSPS) is 15.9. The van der Waals surface area contributed by atoms with E-state index in [0.717, 1.165) is 5.39 Å². The Kier molecular flexibility index (Phi) is 5.14. The van der Waals surface area contributed by atoms with Crippen LogP contribution in [0.4, 0.5) is 4.79 Å². The number of nitrogens with one attached hydrogen (secondary N) is 1. The first-order chi connectivity index (χ1) is 12.2. The minimum absolute atomic E-state index is 0.00313. The second kappa shape index (κ2) is 7.19. The second-order valence-electron chi connectivity index (χ2n) is 7.51. The number of likely N-dealkylation sites (tertiary alicyclic amines) is 1. The van der Waals surface area contributed by atoms with Gasteiger partial charge in [0.2, 0.25) is 0 Å². The lowest BCUT2D eigenvalue weighted by atomic mass is 10.0. The SMILES string of the molecule is CC(C)(C)OC(=O)NC1CCN(C(=O)c2cc3cc(Cl)ccc3o2)CC1. The van der Waals surface area contributed by atoms with Crippen molar-refractivity contribution in [1.82, 2.24) is 10.2 Å². The lowest BCUT2D eigenvalue weighted by molar-refractivity contribution is 0.0471. The molecule has 7 heteroatoms. The van der Waals surface area contributed by atoms with Crippen molar-refractivity contribution in [1.29, 1.82) is 0 Å². The molecule has 2 heterocycles. The molecule has 1 saturated heterocycles. The molecule has 1 aliphatic heterocycles. The van der Waals surface area contributed by atoms with E-state index >= 15 is 0 Å². The molecule has 1 aromatic heterocycles. The van der Waals surface area contributed by atoms with Gasteiger partial charge in [0, 0.05) is 29.5 Å². The molecule has 2 aromatic rings. The first kappa shape index (κ1) is 18.6. The summed E-state index contributed by atoms with van der Waals surface area (Å²) in [4.78, 5) is 26.3. The van der Waals surface area contributed by atoms with E-state index in [1.165, 1.54) is 0 Å². The maximum Gasteiger partial charge on any atom is 0.407 e. The monoisotopic (exact) mass is 378 g/mol. The maximum absolute atomic E-state index is 12.7. The first-order valence-corrected chi connectivity index (χ1v) is 9.07. The lowest BCUT2D eigenvalue weighted by Crippen LogP contribution is -2.47. The number of hydrogen-bond acceptors (Lipinski definition) is 4. The number of nitrogens with zero attached hydrogens (tertiary/aromatic N) is 1. The summed E-state index contributed by atoms with van der Waals surface area (Å²) in [6.45, 7) is 6.59. The minimum Gasteiger partial charge on any atom is -0.451 e. The fraction of sp³-hybridized carbons (Fsp3) is 0.474. The molecule has 6 nitrogen and oxygen atoms in total. The van der Waals surface area contributed by atoms with Gasteiger partial charge in [0.05, 0.1) is 0 Å². The number of amides is 2. The zero-order valence-electron chi connectivity index (χ0n) is 15.2. The van der Waals surface area contributed by atoms with Crippen molar-refractivity contribution in [3.63, 3.8) is 0 Å². The summed E-state index contributed by atoms with van der Waals surface area (Å²) in [5.74, 6) is 0.161. The van der Waals surface area contributed by atoms with Gasteiger partial charge in [-0.15, -0.1) is 0 Å². The summed E-state index contributed by atoms with van der Waals surface area (Å²) in [5.41, 5.74) is 0.115. The zero-order valence-corrected chi connectivity index (χ0v) is 15.9. The Morgan fingerprint density at radius 1 is 1.23 bits per heavy atom. The molecule has 1 aromatic carbocycles. The summed E-state index contributed by atoms with van der Waals surface area (Å²) >= 11 is 5.97. The molecule has 0 atom stereocenters. The summed E-state index contributed by atoms with van der Waals surface area (Å²) in [6, 6.07) is 6.98. The van der Waals surface area contributed by atoms with Gasteiger partial charge in [0.15, 0.2) is 5.76 Å². The smallest absolute Gasteiger partial charge is 0.407 e. The molecule has 0 radical (unpaired) electrons. The lowest BCUT2D eigenvalue weighted by Gasteiger charge is -2.32. The molecule has 1 aliphatic rings. The van der Waals surface area contributed by atoms with E-state index in [1.54, 1.807) is 29.2 Å². The van der Waals surface area contributed by atoms with Gasteiger partial charge in [-0.3, -0.25) is 4.79 Å². The van der Waals surface area contributed by atoms with Crippen molar-refractivity contribution in [2.45, 2.75) is 45.3 Å². The summed E-state index contributed by atoms with van der Waals surface area (Å²) < 4.78 is 10.9. The Morgan fingerprint density at radius 3 is 2.58 bits per heavy atom. The van der Waals surface area contributed by atoms with Crippen LogP contribution in [-0.2, 0) is 4.74 Å². The third kappa shape index (κ3) is 4.49. The van der Waals surface area contributed by atoms with Crippen LogP contribution in [0.2, 0.25) is 5.02 Å². The molecule has 3 rings (SSSR count). The van der Waals surface area contributed by atoms with Gasteiger partial charge < -0.3 is 19.4 Å². The van der Waals surface area contributed by atoms with Gasteiger partial charge in [-0.05, 0) is 57.9 Å². The molecule has 0 bridgehead atoms. The van der Waals surface area contributed by atoms with E-state index in [1.807, 2.05) is 20.8 Å². The van der Waals surface area contributed by atoms with E-state index in [9.17, 15) is 9.59 Å². The molecule has 2 amide bonds. The van der Waals surface area contributed by atoms with Crippen LogP contribution in [0, 0.1) is 0 Å². The number of halogens is 1. The number of piperidine rings is 1. The molecule has 0 aliphatic carbocycles. The largest absolute Gasteiger partial charge is 0.451 e. The van der Waals surface area contributed by atoms with Gasteiger partial charge >= 0.3 is 6.09 Å². The number of carbonyl (C=O) groups is 2. The Balaban J connectivity index is 1.57. The number of benzene rings is 1. The fourth-order valence-corrected chi connectivity index (χ4v) is 3.16. The Labute approximate surface area is 157 Å². The van der Waals surface area contributed by atoms with Crippen LogP contribution in [0.25, 0.3) is 11.0 Å². The second-order valence-corrected chi connectivity index (χ2v) is 7.94. The highest BCUT2D eigenvalue weighted by Crippen LogP contribution is 2.24. The number of rotatable bonds is 2. The number of carbonyl (C=O) groups excluding carboxylic acids is 2. The van der Waals surface area contributed by atoms with Crippen molar-refractivity contribution < 1.29 is 18.7 Å². The number of alkyl carbamates (subject to hydrolysis) is 1. The first-order valence-electron chi connectivity index (χ1n) is 8.69. The van der Waals surface area contributed by atoms with E-state index in [2.05, 4.69) is 5.32 Å². The average molecular weight is 379 g/mol. The highest BCUT2D eigenvalue weighted by Gasteiger charge is 2.27. The van der Waals surface area contributed by atoms with Crippen LogP contribution in [0.15, 0.2) is 28.7 Å². The van der Waals surface area contributed by atoms with Crippen molar-refractivity contribution in [3.05, 3.63) is 35.0 Å². The number of fused-ring (bicyclic) bond motifs is 1. The van der Waals surface area contributed by atoms with Crippen LogP contribution in [0.3, 0.4) is 0 Å². The molecular formula is C19H23ClN2O4. The quantitative estimate of drug-likeness (QED) is 0.849.